The van der Waals surface area contributed by atoms with Crippen molar-refractivity contribution in [3.8, 4) is 0 Å². The Morgan fingerprint density at radius 1 is 1.07 bits per heavy atom. The van der Waals surface area contributed by atoms with E-state index in [0.717, 1.165) is 19.3 Å². The Hall–Kier alpha value is -1.35. The van der Waals surface area contributed by atoms with Crippen molar-refractivity contribution >= 4 is 5.97 Å². The highest BCUT2D eigenvalue weighted by Crippen LogP contribution is 2.53. The number of aliphatic hydroxyl groups excluding tert-OH is 1. The van der Waals surface area contributed by atoms with Crippen LogP contribution in [0.5, 0.6) is 0 Å². The molecular formula is C24H38O3. The van der Waals surface area contributed by atoms with Gasteiger partial charge in [-0.05, 0) is 67.1 Å². The number of rotatable bonds is 4. The minimum Gasteiger partial charge on any atom is -0.478 e. The molecule has 152 valence electrons. The summed E-state index contributed by atoms with van der Waals surface area (Å²) in [4.78, 5) is 10.8. The van der Waals surface area contributed by atoms with Crippen LogP contribution in [0, 0.1) is 40.9 Å². The minimum absolute atomic E-state index is 0.135. The summed E-state index contributed by atoms with van der Waals surface area (Å²) in [7, 11) is 0. The molecule has 0 spiro atoms. The molecule has 2 aliphatic rings. The Bertz CT molecular complexity index is 608. The summed E-state index contributed by atoms with van der Waals surface area (Å²) in [6.45, 7) is 13.6. The third-order valence-electron chi connectivity index (χ3n) is 6.55. The summed E-state index contributed by atoms with van der Waals surface area (Å²) in [6, 6.07) is 0. The second kappa shape index (κ2) is 8.77. The van der Waals surface area contributed by atoms with Gasteiger partial charge in [-0.2, -0.15) is 0 Å². The van der Waals surface area contributed by atoms with Crippen molar-refractivity contribution in [2.24, 2.45) is 40.9 Å². The molecule has 0 aromatic rings. The number of fused-ring (bicyclic) bond motifs is 1. The lowest BCUT2D eigenvalue weighted by Crippen LogP contribution is -2.49. The van der Waals surface area contributed by atoms with Crippen LogP contribution in [0.25, 0.3) is 0 Å². The highest BCUT2D eigenvalue weighted by atomic mass is 16.4. The van der Waals surface area contributed by atoms with Crippen LogP contribution in [0.2, 0.25) is 0 Å². The van der Waals surface area contributed by atoms with E-state index in [4.69, 9.17) is 5.11 Å². The van der Waals surface area contributed by atoms with Crippen LogP contribution in [0.3, 0.4) is 0 Å². The molecule has 2 aliphatic carbocycles. The number of aliphatic hydroxyl groups is 1. The van der Waals surface area contributed by atoms with Crippen LogP contribution in [-0.4, -0.2) is 22.3 Å². The van der Waals surface area contributed by atoms with Gasteiger partial charge in [0, 0.05) is 6.08 Å². The van der Waals surface area contributed by atoms with E-state index >= 15 is 0 Å². The fraction of sp³-hybridized carbons (Fsp3) is 0.708. The standard InChI is InChI=1S/C24H38O3/c1-15-11-12-20(25)19-13-16(2)22(17(3)14-24(4,5)6)18(23(15)19)9-7-8-10-21(26)27/h7-10,14-16,18-20,22-23,25H,11-13H2,1-6H3,(H,26,27)/b9-7+,10-8+,17-14-/t15-,16+,18+,19-,20-,22-,23-/m0/s1. The molecular weight excluding hydrogens is 336 g/mol. The van der Waals surface area contributed by atoms with Crippen LogP contribution in [-0.2, 0) is 4.79 Å². The Morgan fingerprint density at radius 3 is 2.33 bits per heavy atom. The third-order valence-corrected chi connectivity index (χ3v) is 6.55. The molecule has 0 heterocycles. The van der Waals surface area contributed by atoms with E-state index in [1.54, 1.807) is 6.08 Å². The van der Waals surface area contributed by atoms with E-state index in [1.807, 2.05) is 6.08 Å². The zero-order valence-corrected chi connectivity index (χ0v) is 17.9. The van der Waals surface area contributed by atoms with E-state index in [9.17, 15) is 9.90 Å². The summed E-state index contributed by atoms with van der Waals surface area (Å²) < 4.78 is 0. The van der Waals surface area contributed by atoms with E-state index < -0.39 is 5.97 Å². The molecule has 0 saturated heterocycles. The number of aliphatic carboxylic acids is 1. The van der Waals surface area contributed by atoms with Crippen LogP contribution in [0.4, 0.5) is 0 Å². The molecule has 0 radical (unpaired) electrons. The molecule has 0 aromatic heterocycles. The number of carbonyl (C=O) groups is 1. The summed E-state index contributed by atoms with van der Waals surface area (Å²) in [5.41, 5.74) is 1.56. The van der Waals surface area contributed by atoms with Crippen molar-refractivity contribution in [3.63, 3.8) is 0 Å². The molecule has 0 aromatic carbocycles. The van der Waals surface area contributed by atoms with Crippen LogP contribution in [0.1, 0.15) is 60.8 Å². The fourth-order valence-electron chi connectivity index (χ4n) is 5.80. The van der Waals surface area contributed by atoms with Gasteiger partial charge in [-0.3, -0.25) is 0 Å². The van der Waals surface area contributed by atoms with Gasteiger partial charge in [0.15, 0.2) is 0 Å². The van der Waals surface area contributed by atoms with Crippen molar-refractivity contribution in [2.45, 2.75) is 66.9 Å². The van der Waals surface area contributed by atoms with Gasteiger partial charge in [0.05, 0.1) is 6.10 Å². The average molecular weight is 375 g/mol. The van der Waals surface area contributed by atoms with Gasteiger partial charge in [-0.15, -0.1) is 0 Å². The number of carboxylic acid groups (broad SMARTS) is 1. The van der Waals surface area contributed by atoms with Crippen molar-refractivity contribution in [2.75, 3.05) is 0 Å². The van der Waals surface area contributed by atoms with E-state index in [0.29, 0.717) is 35.5 Å². The van der Waals surface area contributed by atoms with Crippen molar-refractivity contribution in [1.82, 2.24) is 0 Å². The quantitative estimate of drug-likeness (QED) is 0.390. The normalized spacial score (nSPS) is 38.3. The lowest BCUT2D eigenvalue weighted by atomic mass is 9.53. The van der Waals surface area contributed by atoms with Crippen LogP contribution >= 0.6 is 0 Å². The van der Waals surface area contributed by atoms with Crippen molar-refractivity contribution < 1.29 is 15.0 Å². The van der Waals surface area contributed by atoms with Crippen molar-refractivity contribution in [3.05, 3.63) is 36.0 Å². The second-order valence-electron chi connectivity index (χ2n) is 10.0. The number of hydrogen-bond donors (Lipinski definition) is 2. The number of hydrogen-bond acceptors (Lipinski definition) is 2. The van der Waals surface area contributed by atoms with E-state index in [1.165, 1.54) is 11.6 Å². The molecule has 27 heavy (non-hydrogen) atoms. The van der Waals surface area contributed by atoms with Gasteiger partial charge in [0.2, 0.25) is 0 Å². The van der Waals surface area contributed by atoms with Crippen LogP contribution in [0.15, 0.2) is 36.0 Å². The topological polar surface area (TPSA) is 57.5 Å². The molecule has 3 heteroatoms. The van der Waals surface area contributed by atoms with E-state index in [2.05, 4.69) is 53.7 Å². The number of carboxylic acids is 1. The van der Waals surface area contributed by atoms with Crippen LogP contribution < -0.4 is 0 Å². The molecule has 2 fully saturated rings. The fourth-order valence-corrected chi connectivity index (χ4v) is 5.80. The lowest BCUT2D eigenvalue weighted by Gasteiger charge is -2.52. The van der Waals surface area contributed by atoms with Gasteiger partial charge in [-0.25, -0.2) is 4.79 Å². The first kappa shape index (κ1) is 21.9. The Balaban J connectivity index is 2.42. The molecule has 7 atom stereocenters. The molecule has 3 nitrogen and oxygen atoms in total. The molecule has 2 rings (SSSR count). The predicted octanol–water partition coefficient (Wildman–Crippen LogP) is 5.47. The Labute approximate surface area is 165 Å². The highest BCUT2D eigenvalue weighted by molar-refractivity contribution is 5.80. The molecule has 0 bridgehead atoms. The lowest BCUT2D eigenvalue weighted by molar-refractivity contribution is -0.131. The zero-order chi connectivity index (χ0) is 20.4. The SMILES string of the molecule is C/C(=C/C(C)(C)C)[C@H]1[C@@H](/C=C/C=C/C(=O)O)[C@H]2[C@@H](C[C@H]1C)[C@@H](O)CC[C@@H]2C. The third kappa shape index (κ3) is 5.57. The largest absolute Gasteiger partial charge is 0.478 e. The maximum Gasteiger partial charge on any atom is 0.328 e. The molecule has 2 N–H and O–H groups in total. The van der Waals surface area contributed by atoms with E-state index in [-0.39, 0.29) is 11.5 Å². The molecule has 0 aliphatic heterocycles. The van der Waals surface area contributed by atoms with Gasteiger partial charge < -0.3 is 10.2 Å². The zero-order valence-electron chi connectivity index (χ0n) is 17.9. The number of allylic oxidation sites excluding steroid dienone is 5. The maximum atomic E-state index is 10.8. The molecule has 2 saturated carbocycles. The molecule has 0 amide bonds. The minimum atomic E-state index is -0.920. The summed E-state index contributed by atoms with van der Waals surface area (Å²) in [6.07, 6.45) is 12.2. The first-order chi connectivity index (χ1) is 12.5. The first-order valence-corrected chi connectivity index (χ1v) is 10.5. The molecule has 0 unspecified atom stereocenters. The summed E-state index contributed by atoms with van der Waals surface area (Å²) >= 11 is 0. The smallest absolute Gasteiger partial charge is 0.328 e. The maximum absolute atomic E-state index is 10.8. The predicted molar refractivity (Wildman–Crippen MR) is 111 cm³/mol. The van der Waals surface area contributed by atoms with Gasteiger partial charge in [0.25, 0.3) is 0 Å². The van der Waals surface area contributed by atoms with Gasteiger partial charge >= 0.3 is 5.97 Å². The van der Waals surface area contributed by atoms with Gasteiger partial charge in [-0.1, -0.05) is 64.5 Å². The van der Waals surface area contributed by atoms with Gasteiger partial charge in [0.1, 0.15) is 0 Å². The first-order valence-electron chi connectivity index (χ1n) is 10.5. The highest BCUT2D eigenvalue weighted by Gasteiger charge is 2.48. The Kier molecular flexibility index (Phi) is 7.13. The Morgan fingerprint density at radius 2 is 1.74 bits per heavy atom. The summed E-state index contributed by atoms with van der Waals surface area (Å²) in [5.74, 6) is 1.73. The second-order valence-corrected chi connectivity index (χ2v) is 10.0. The van der Waals surface area contributed by atoms with Crippen molar-refractivity contribution in [1.29, 1.82) is 0 Å². The average Bonchev–Trinajstić information content (AvgIpc) is 2.52. The summed E-state index contributed by atoms with van der Waals surface area (Å²) in [5, 5.41) is 19.5. The monoisotopic (exact) mass is 374 g/mol.